The van der Waals surface area contributed by atoms with Crippen LogP contribution in [0.15, 0.2) is 65.7 Å². The van der Waals surface area contributed by atoms with E-state index < -0.39 is 0 Å². The van der Waals surface area contributed by atoms with Crippen LogP contribution in [0.1, 0.15) is 0 Å². The van der Waals surface area contributed by atoms with Gasteiger partial charge in [-0.25, -0.2) is 4.98 Å². The molecule has 2 N–H and O–H groups in total. The maximum Gasteiger partial charge on any atom is 0.229 e. The number of phenolic OH excluding ortho intramolecular Hbond substituents is 1. The Labute approximate surface area is 191 Å². The second kappa shape index (κ2) is 8.55. The fourth-order valence-corrected chi connectivity index (χ4v) is 4.12. The van der Waals surface area contributed by atoms with Gasteiger partial charge in [-0.3, -0.25) is 4.79 Å². The summed E-state index contributed by atoms with van der Waals surface area (Å²) in [7, 11) is 4.01. The molecular weight excluding hydrogens is 416 g/mol. The summed E-state index contributed by atoms with van der Waals surface area (Å²) in [6.07, 6.45) is 3.33. The highest BCUT2D eigenvalue weighted by molar-refractivity contribution is 5.81. The molecule has 4 aromatic rings. The van der Waals surface area contributed by atoms with Gasteiger partial charge in [0.05, 0.1) is 5.39 Å². The molecule has 2 aromatic heterocycles. The smallest absolute Gasteiger partial charge is 0.229 e. The Morgan fingerprint density at radius 1 is 0.939 bits per heavy atom. The number of hydrogen-bond acceptors (Lipinski definition) is 7. The average Bonchev–Trinajstić information content (AvgIpc) is 2.83. The summed E-state index contributed by atoms with van der Waals surface area (Å²) in [6.45, 7) is 4.19. The lowest BCUT2D eigenvalue weighted by Gasteiger charge is -2.34. The van der Waals surface area contributed by atoms with E-state index in [0.29, 0.717) is 22.5 Å². The number of fused-ring (bicyclic) bond motifs is 1. The van der Waals surface area contributed by atoms with Crippen molar-refractivity contribution < 1.29 is 5.11 Å². The molecule has 33 heavy (non-hydrogen) atoms. The Hall–Kier alpha value is -3.91. The number of aromatic hydroxyl groups is 1. The van der Waals surface area contributed by atoms with Gasteiger partial charge in [0.15, 0.2) is 5.43 Å². The first kappa shape index (κ1) is 21.0. The topological polar surface area (TPSA) is 86.5 Å². The van der Waals surface area contributed by atoms with Crippen molar-refractivity contribution in [3.63, 3.8) is 0 Å². The average molecular weight is 443 g/mol. The lowest BCUT2D eigenvalue weighted by Crippen LogP contribution is -2.44. The molecular formula is C25H26N6O2. The fourth-order valence-electron chi connectivity index (χ4n) is 4.12. The van der Waals surface area contributed by atoms with Crippen molar-refractivity contribution in [3.8, 4) is 16.9 Å². The first-order valence-electron chi connectivity index (χ1n) is 10.9. The standard InChI is InChI=1S/C25H26N6O2/c1-29-11-13-31(14-12-29)19-7-5-18(6-8-19)27-25-26-15-21-23(33)22(16-30(2)24(21)28-25)17-3-9-20(32)10-4-17/h3-10,15-16,32H,11-14H2,1-2H3,(H,26,27,28). The van der Waals surface area contributed by atoms with E-state index in [0.717, 1.165) is 37.4 Å². The SMILES string of the molecule is CN1CCN(c2ccc(Nc3ncc4c(=O)c(-c5ccc(O)cc5)cn(C)c4n3)cc2)CC1. The number of rotatable bonds is 4. The molecule has 168 valence electrons. The van der Waals surface area contributed by atoms with E-state index in [1.165, 1.54) is 5.69 Å². The zero-order valence-corrected chi connectivity index (χ0v) is 18.7. The number of likely N-dealkylation sites (N-methyl/N-ethyl adjacent to an activating group) is 1. The lowest BCUT2D eigenvalue weighted by atomic mass is 10.1. The molecule has 8 nitrogen and oxygen atoms in total. The second-order valence-electron chi connectivity index (χ2n) is 8.42. The Balaban J connectivity index is 1.39. The quantitative estimate of drug-likeness (QED) is 0.502. The van der Waals surface area contributed by atoms with E-state index in [4.69, 9.17) is 0 Å². The molecule has 0 atom stereocenters. The highest BCUT2D eigenvalue weighted by Gasteiger charge is 2.15. The van der Waals surface area contributed by atoms with Gasteiger partial charge in [0.2, 0.25) is 5.95 Å². The van der Waals surface area contributed by atoms with Gasteiger partial charge < -0.3 is 24.8 Å². The van der Waals surface area contributed by atoms with Crippen LogP contribution in [0.25, 0.3) is 22.2 Å². The van der Waals surface area contributed by atoms with Crippen LogP contribution < -0.4 is 15.6 Å². The molecule has 1 saturated heterocycles. The highest BCUT2D eigenvalue weighted by atomic mass is 16.3. The highest BCUT2D eigenvalue weighted by Crippen LogP contribution is 2.23. The molecule has 0 amide bonds. The maximum absolute atomic E-state index is 13.1. The van der Waals surface area contributed by atoms with E-state index in [9.17, 15) is 9.90 Å². The Bertz CT molecular complexity index is 1340. The van der Waals surface area contributed by atoms with Gasteiger partial charge in [-0.05, 0) is 49.0 Å². The summed E-state index contributed by atoms with van der Waals surface area (Å²) in [6, 6.07) is 14.8. The molecule has 5 rings (SSSR count). The summed E-state index contributed by atoms with van der Waals surface area (Å²) < 4.78 is 1.82. The van der Waals surface area contributed by atoms with Gasteiger partial charge in [-0.2, -0.15) is 4.98 Å². The molecule has 8 heteroatoms. The Morgan fingerprint density at radius 2 is 1.64 bits per heavy atom. The number of pyridine rings is 1. The second-order valence-corrected chi connectivity index (χ2v) is 8.42. The largest absolute Gasteiger partial charge is 0.508 e. The number of hydrogen-bond donors (Lipinski definition) is 2. The van der Waals surface area contributed by atoms with E-state index >= 15 is 0 Å². The van der Waals surface area contributed by atoms with Gasteiger partial charge in [-0.15, -0.1) is 0 Å². The van der Waals surface area contributed by atoms with Crippen LogP contribution in [0.2, 0.25) is 0 Å². The van der Waals surface area contributed by atoms with Crippen LogP contribution >= 0.6 is 0 Å². The normalized spacial score (nSPS) is 14.5. The zero-order chi connectivity index (χ0) is 22.9. The minimum absolute atomic E-state index is 0.142. The molecule has 1 aliphatic heterocycles. The van der Waals surface area contributed by atoms with Crippen LogP contribution in [0.4, 0.5) is 17.3 Å². The molecule has 0 unspecified atom stereocenters. The summed E-state index contributed by atoms with van der Waals surface area (Å²) in [4.78, 5) is 26.8. The van der Waals surface area contributed by atoms with Gasteiger partial charge in [0, 0.05) is 62.6 Å². The minimum Gasteiger partial charge on any atom is -0.508 e. The van der Waals surface area contributed by atoms with E-state index in [1.54, 1.807) is 36.7 Å². The summed E-state index contributed by atoms with van der Waals surface area (Å²) in [5, 5.41) is 13.2. The van der Waals surface area contributed by atoms with Crippen LogP contribution in [-0.4, -0.2) is 57.8 Å². The number of piperazine rings is 1. The minimum atomic E-state index is -0.142. The van der Waals surface area contributed by atoms with Crippen molar-refractivity contribution in [3.05, 3.63) is 71.1 Å². The predicted octanol–water partition coefficient (Wildman–Crippen LogP) is 3.20. The molecule has 0 saturated carbocycles. The molecule has 0 spiro atoms. The van der Waals surface area contributed by atoms with Crippen molar-refractivity contribution in [2.75, 3.05) is 43.4 Å². The molecule has 0 radical (unpaired) electrons. The first-order valence-corrected chi connectivity index (χ1v) is 10.9. The number of phenols is 1. The van der Waals surface area contributed by atoms with Gasteiger partial charge in [-0.1, -0.05) is 12.1 Å². The van der Waals surface area contributed by atoms with Crippen molar-refractivity contribution in [2.24, 2.45) is 7.05 Å². The van der Waals surface area contributed by atoms with Crippen LogP contribution in [-0.2, 0) is 7.05 Å². The summed E-state index contributed by atoms with van der Waals surface area (Å²) >= 11 is 0. The maximum atomic E-state index is 13.1. The van der Waals surface area contributed by atoms with Gasteiger partial charge in [0.25, 0.3) is 0 Å². The van der Waals surface area contributed by atoms with Gasteiger partial charge >= 0.3 is 0 Å². The molecule has 2 aromatic carbocycles. The zero-order valence-electron chi connectivity index (χ0n) is 18.7. The third-order valence-electron chi connectivity index (χ3n) is 6.08. The predicted molar refractivity (Wildman–Crippen MR) is 131 cm³/mol. The molecule has 3 heterocycles. The van der Waals surface area contributed by atoms with Crippen LogP contribution in [0.3, 0.4) is 0 Å². The monoisotopic (exact) mass is 442 g/mol. The number of aromatic nitrogens is 3. The summed E-state index contributed by atoms with van der Waals surface area (Å²) in [5.74, 6) is 0.592. The number of anilines is 3. The molecule has 1 fully saturated rings. The Morgan fingerprint density at radius 3 is 2.33 bits per heavy atom. The lowest BCUT2D eigenvalue weighted by molar-refractivity contribution is 0.313. The number of nitrogens with zero attached hydrogens (tertiary/aromatic N) is 5. The van der Waals surface area contributed by atoms with Crippen molar-refractivity contribution in [2.45, 2.75) is 0 Å². The van der Waals surface area contributed by atoms with Crippen molar-refractivity contribution >= 4 is 28.4 Å². The Kier molecular flexibility index (Phi) is 5.43. The van der Waals surface area contributed by atoms with E-state index in [2.05, 4.69) is 44.3 Å². The van der Waals surface area contributed by atoms with Crippen molar-refractivity contribution in [1.29, 1.82) is 0 Å². The van der Waals surface area contributed by atoms with Crippen LogP contribution in [0.5, 0.6) is 5.75 Å². The van der Waals surface area contributed by atoms with Crippen molar-refractivity contribution in [1.82, 2.24) is 19.4 Å². The van der Waals surface area contributed by atoms with E-state index in [1.807, 2.05) is 23.7 Å². The summed E-state index contributed by atoms with van der Waals surface area (Å²) in [5.41, 5.74) is 3.77. The fraction of sp³-hybridized carbons (Fsp3) is 0.240. The first-order chi connectivity index (χ1) is 16.0. The van der Waals surface area contributed by atoms with Gasteiger partial charge in [0.1, 0.15) is 11.4 Å². The third kappa shape index (κ3) is 4.25. The molecule has 0 bridgehead atoms. The molecule has 1 aliphatic rings. The molecule has 0 aliphatic carbocycles. The number of benzene rings is 2. The number of nitrogens with one attached hydrogen (secondary N) is 1. The number of aryl methyl sites for hydroxylation is 1. The van der Waals surface area contributed by atoms with Crippen LogP contribution in [0, 0.1) is 0 Å². The van der Waals surface area contributed by atoms with E-state index in [-0.39, 0.29) is 11.2 Å². The third-order valence-corrected chi connectivity index (χ3v) is 6.08.